The van der Waals surface area contributed by atoms with Gasteiger partial charge in [-0.1, -0.05) is 49.3 Å². The number of allylic oxidation sites excluding steroid dienone is 4. The molecule has 2 heteroatoms. The highest BCUT2D eigenvalue weighted by Crippen LogP contribution is 2.53. The molecule has 0 saturated heterocycles. The Morgan fingerprint density at radius 1 is 0.677 bits per heavy atom. The van der Waals surface area contributed by atoms with Crippen molar-refractivity contribution in [3.8, 4) is 0 Å². The molecular weight excluding hydrogens is 376 g/mol. The Kier molecular flexibility index (Phi) is 4.44. The molecule has 4 bridgehead atoms. The number of hydrogen-bond donors (Lipinski definition) is 0. The van der Waals surface area contributed by atoms with Crippen molar-refractivity contribution in [1.82, 2.24) is 0 Å². The lowest BCUT2D eigenvalue weighted by molar-refractivity contribution is 0.215. The van der Waals surface area contributed by atoms with Crippen molar-refractivity contribution < 1.29 is 0 Å². The smallest absolute Gasteiger partial charge is 0.0915 e. The molecule has 2 fully saturated rings. The van der Waals surface area contributed by atoms with E-state index >= 15 is 0 Å². The third-order valence-electron chi connectivity index (χ3n) is 9.27. The van der Waals surface area contributed by atoms with Gasteiger partial charge in [-0.15, -0.1) is 0 Å². The minimum Gasteiger partial charge on any atom is -0.347 e. The van der Waals surface area contributed by atoms with Gasteiger partial charge in [0.1, 0.15) is 0 Å². The van der Waals surface area contributed by atoms with Gasteiger partial charge >= 0.3 is 0 Å². The summed E-state index contributed by atoms with van der Waals surface area (Å²) in [7, 11) is 0. The highest BCUT2D eigenvalue weighted by atomic mass is 15.4. The summed E-state index contributed by atoms with van der Waals surface area (Å²) in [5, 5.41) is 0. The first-order chi connectivity index (χ1) is 14.8. The summed E-state index contributed by atoms with van der Waals surface area (Å²) in [6, 6.07) is 9.33. The maximum absolute atomic E-state index is 2.83. The number of hydrogen-bond acceptors (Lipinski definition) is 2. The Morgan fingerprint density at radius 2 is 1.10 bits per heavy atom. The molecule has 31 heavy (non-hydrogen) atoms. The summed E-state index contributed by atoms with van der Waals surface area (Å²) >= 11 is 0. The molecule has 0 aromatic heterocycles. The summed E-state index contributed by atoms with van der Waals surface area (Å²) in [5.41, 5.74) is 6.91. The van der Waals surface area contributed by atoms with E-state index in [0.29, 0.717) is 11.8 Å². The van der Waals surface area contributed by atoms with Gasteiger partial charge in [0.2, 0.25) is 0 Å². The van der Waals surface area contributed by atoms with Crippen LogP contribution < -0.4 is 9.80 Å². The molecule has 0 spiro atoms. The third-order valence-corrected chi connectivity index (χ3v) is 9.27. The van der Waals surface area contributed by atoms with Crippen molar-refractivity contribution in [3.63, 3.8) is 0 Å². The zero-order chi connectivity index (χ0) is 21.4. The van der Waals surface area contributed by atoms with Crippen LogP contribution in [0.25, 0.3) is 0 Å². The molecule has 0 radical (unpaired) electrons. The van der Waals surface area contributed by atoms with Gasteiger partial charge < -0.3 is 9.80 Å². The number of anilines is 2. The zero-order valence-electron chi connectivity index (χ0n) is 20.0. The first kappa shape index (κ1) is 19.9. The summed E-state index contributed by atoms with van der Waals surface area (Å²) in [6.07, 6.45) is 15.9. The minimum atomic E-state index is 0.241. The second-order valence-electron chi connectivity index (χ2n) is 12.4. The Bertz CT molecular complexity index is 853. The topological polar surface area (TPSA) is 6.48 Å². The SMILES string of the molecule is CC1C=C2CC(C2)CC(C)(N2CN(C3(C)CC(C)C=C4CC(C4)C3)c3ccccc32)C1. The van der Waals surface area contributed by atoms with E-state index in [1.807, 2.05) is 0 Å². The second kappa shape index (κ2) is 6.90. The van der Waals surface area contributed by atoms with Crippen molar-refractivity contribution in [2.45, 2.75) is 90.1 Å². The lowest BCUT2D eigenvalue weighted by atomic mass is 9.67. The molecule has 1 heterocycles. The average molecular weight is 417 g/mol. The standard InChI is InChI=1S/C29H40N2/c1-20-9-22-11-24(12-22)17-28(3,15-20)30-19-31(27-8-6-5-7-26(27)30)29(4)16-21(2)10-23-13-25(14-23)18-29/h5-10,20-21,24-25H,11-19H2,1-4H3. The van der Waals surface area contributed by atoms with E-state index < -0.39 is 0 Å². The van der Waals surface area contributed by atoms with Crippen LogP contribution >= 0.6 is 0 Å². The molecule has 4 atom stereocenters. The molecule has 0 N–H and O–H groups in total. The number of rotatable bonds is 2. The summed E-state index contributed by atoms with van der Waals surface area (Å²) in [5.74, 6) is 3.14. The molecule has 2 nitrogen and oxygen atoms in total. The monoisotopic (exact) mass is 416 g/mol. The minimum absolute atomic E-state index is 0.241. The van der Waals surface area contributed by atoms with Gasteiger partial charge in [-0.25, -0.2) is 0 Å². The maximum atomic E-state index is 2.83. The molecular formula is C29H40N2. The van der Waals surface area contributed by atoms with Crippen LogP contribution in [0, 0.1) is 23.7 Å². The Hall–Kier alpha value is -1.70. The lowest BCUT2D eigenvalue weighted by Crippen LogP contribution is -2.56. The number of nitrogens with zero attached hydrogens (tertiary/aromatic N) is 2. The Morgan fingerprint density at radius 3 is 1.52 bits per heavy atom. The van der Waals surface area contributed by atoms with Gasteiger partial charge in [0, 0.05) is 11.1 Å². The molecule has 2 saturated carbocycles. The first-order valence-electron chi connectivity index (χ1n) is 12.8. The van der Waals surface area contributed by atoms with Gasteiger partial charge in [-0.05, 0) is 101 Å². The van der Waals surface area contributed by atoms with Crippen molar-refractivity contribution in [2.24, 2.45) is 23.7 Å². The van der Waals surface area contributed by atoms with Crippen LogP contribution in [-0.2, 0) is 0 Å². The second-order valence-corrected chi connectivity index (χ2v) is 12.4. The van der Waals surface area contributed by atoms with E-state index in [1.54, 1.807) is 11.1 Å². The first-order valence-corrected chi connectivity index (χ1v) is 12.8. The van der Waals surface area contributed by atoms with Crippen LogP contribution in [0.3, 0.4) is 0 Å². The van der Waals surface area contributed by atoms with Crippen LogP contribution in [0.15, 0.2) is 47.6 Å². The van der Waals surface area contributed by atoms with Crippen LogP contribution in [0.5, 0.6) is 0 Å². The van der Waals surface area contributed by atoms with Crippen molar-refractivity contribution in [1.29, 1.82) is 0 Å². The average Bonchev–Trinajstić information content (AvgIpc) is 3.02. The maximum Gasteiger partial charge on any atom is 0.0915 e. The molecule has 1 aliphatic heterocycles. The molecule has 1 aromatic carbocycles. The quantitative estimate of drug-likeness (QED) is 0.466. The number of para-hydroxylation sites is 2. The summed E-state index contributed by atoms with van der Waals surface area (Å²) in [4.78, 5) is 5.65. The van der Waals surface area contributed by atoms with Gasteiger partial charge in [0.05, 0.1) is 18.0 Å². The molecule has 1 aromatic rings. The molecule has 4 unspecified atom stereocenters. The molecule has 7 aliphatic rings. The predicted octanol–water partition coefficient (Wildman–Crippen LogP) is 7.32. The highest BCUT2D eigenvalue weighted by Gasteiger charge is 2.48. The van der Waals surface area contributed by atoms with Gasteiger partial charge in [-0.3, -0.25) is 0 Å². The third kappa shape index (κ3) is 3.28. The molecule has 166 valence electrons. The van der Waals surface area contributed by atoms with E-state index in [9.17, 15) is 0 Å². The van der Waals surface area contributed by atoms with Gasteiger partial charge in [0.15, 0.2) is 0 Å². The lowest BCUT2D eigenvalue weighted by Gasteiger charge is -2.51. The van der Waals surface area contributed by atoms with Gasteiger partial charge in [0.25, 0.3) is 0 Å². The normalized spacial score (nSPS) is 41.5. The fraction of sp³-hybridized carbons (Fsp3) is 0.655. The molecule has 0 amide bonds. The number of fused-ring (bicyclic) bond motifs is 9. The van der Waals surface area contributed by atoms with E-state index in [1.165, 1.54) is 62.7 Å². The van der Waals surface area contributed by atoms with Crippen molar-refractivity contribution in [2.75, 3.05) is 16.5 Å². The van der Waals surface area contributed by atoms with E-state index in [0.717, 1.165) is 18.5 Å². The summed E-state index contributed by atoms with van der Waals surface area (Å²) in [6.45, 7) is 11.1. The fourth-order valence-corrected chi connectivity index (χ4v) is 8.22. The highest BCUT2D eigenvalue weighted by molar-refractivity contribution is 5.78. The summed E-state index contributed by atoms with van der Waals surface area (Å²) < 4.78 is 0. The molecule has 8 rings (SSSR count). The zero-order valence-corrected chi connectivity index (χ0v) is 20.0. The van der Waals surface area contributed by atoms with Crippen molar-refractivity contribution in [3.05, 3.63) is 47.6 Å². The Balaban J connectivity index is 1.36. The van der Waals surface area contributed by atoms with Crippen LogP contribution in [0.4, 0.5) is 11.4 Å². The van der Waals surface area contributed by atoms with Crippen LogP contribution in [0.2, 0.25) is 0 Å². The van der Waals surface area contributed by atoms with Crippen molar-refractivity contribution >= 4 is 11.4 Å². The van der Waals surface area contributed by atoms with Crippen LogP contribution in [0.1, 0.15) is 79.1 Å². The largest absolute Gasteiger partial charge is 0.347 e. The van der Waals surface area contributed by atoms with E-state index in [-0.39, 0.29) is 11.1 Å². The van der Waals surface area contributed by atoms with E-state index in [4.69, 9.17) is 0 Å². The van der Waals surface area contributed by atoms with Crippen LogP contribution in [-0.4, -0.2) is 17.7 Å². The van der Waals surface area contributed by atoms with Gasteiger partial charge in [-0.2, -0.15) is 0 Å². The number of benzene rings is 1. The Labute approximate surface area is 189 Å². The van der Waals surface area contributed by atoms with E-state index in [2.05, 4.69) is 73.9 Å². The fourth-order valence-electron chi connectivity index (χ4n) is 8.22. The molecule has 6 aliphatic carbocycles. The predicted molar refractivity (Wildman–Crippen MR) is 131 cm³/mol.